The van der Waals surface area contributed by atoms with Gasteiger partial charge < -0.3 is 9.73 Å². The van der Waals surface area contributed by atoms with Crippen LogP contribution in [0.15, 0.2) is 59.0 Å². The molecule has 0 aliphatic rings. The van der Waals surface area contributed by atoms with E-state index < -0.39 is 0 Å². The molecule has 0 fully saturated rings. The second-order valence-corrected chi connectivity index (χ2v) is 5.19. The molecule has 0 unspecified atom stereocenters. The van der Waals surface area contributed by atoms with Crippen molar-refractivity contribution in [2.75, 3.05) is 6.54 Å². The molecule has 3 aromatic rings. The third-order valence-electron chi connectivity index (χ3n) is 3.50. The Morgan fingerprint density at radius 1 is 1.04 bits per heavy atom. The number of carbonyl (C=O) groups is 1. The van der Waals surface area contributed by atoms with Crippen LogP contribution in [0.3, 0.4) is 0 Å². The second-order valence-electron chi connectivity index (χ2n) is 5.19. The number of benzene rings is 2. The Balaban J connectivity index is 1.58. The molecule has 0 aliphatic carbocycles. The van der Waals surface area contributed by atoms with Crippen molar-refractivity contribution in [3.8, 4) is 11.5 Å². The number of rotatable bonds is 5. The maximum absolute atomic E-state index is 11.9. The molecular formula is C18H17N3O2. The van der Waals surface area contributed by atoms with Crippen LogP contribution in [0, 0.1) is 6.92 Å². The van der Waals surface area contributed by atoms with Crippen molar-refractivity contribution >= 4 is 5.91 Å². The van der Waals surface area contributed by atoms with Gasteiger partial charge in [-0.25, -0.2) is 0 Å². The van der Waals surface area contributed by atoms with E-state index in [4.69, 9.17) is 4.42 Å². The molecule has 0 spiro atoms. The van der Waals surface area contributed by atoms with E-state index in [1.54, 1.807) is 12.1 Å². The van der Waals surface area contributed by atoms with Gasteiger partial charge in [0, 0.05) is 24.1 Å². The average Bonchev–Trinajstić information content (AvgIpc) is 3.04. The fraction of sp³-hybridized carbons (Fsp3) is 0.167. The van der Waals surface area contributed by atoms with Crippen LogP contribution >= 0.6 is 0 Å². The van der Waals surface area contributed by atoms with Crippen molar-refractivity contribution in [2.24, 2.45) is 0 Å². The molecule has 0 radical (unpaired) electrons. The highest BCUT2D eigenvalue weighted by atomic mass is 16.4. The fourth-order valence-electron chi connectivity index (χ4n) is 2.25. The monoisotopic (exact) mass is 307 g/mol. The van der Waals surface area contributed by atoms with Gasteiger partial charge in [-0.2, -0.15) is 0 Å². The molecule has 1 aromatic heterocycles. The summed E-state index contributed by atoms with van der Waals surface area (Å²) in [6.07, 6.45) is 0.497. The minimum atomic E-state index is -0.107. The number of aryl methyl sites for hydroxylation is 1. The predicted octanol–water partition coefficient (Wildman–Crippen LogP) is 3.02. The summed E-state index contributed by atoms with van der Waals surface area (Å²) in [7, 11) is 0. The standard InChI is InChI=1S/C18H17N3O2/c1-13-7-5-6-10-15(13)18-21-20-16(23-18)11-12-19-17(22)14-8-3-2-4-9-14/h2-10H,11-12H2,1H3,(H,19,22). The molecule has 2 aromatic carbocycles. The molecule has 1 amide bonds. The van der Waals surface area contributed by atoms with Crippen LogP contribution in [0.2, 0.25) is 0 Å². The van der Waals surface area contributed by atoms with Crippen molar-refractivity contribution in [3.63, 3.8) is 0 Å². The molecule has 1 N–H and O–H groups in total. The first-order chi connectivity index (χ1) is 11.2. The number of aromatic nitrogens is 2. The van der Waals surface area contributed by atoms with E-state index in [2.05, 4.69) is 15.5 Å². The maximum Gasteiger partial charge on any atom is 0.251 e. The van der Waals surface area contributed by atoms with E-state index in [1.807, 2.05) is 49.4 Å². The van der Waals surface area contributed by atoms with Gasteiger partial charge in [0.25, 0.3) is 5.91 Å². The molecular weight excluding hydrogens is 290 g/mol. The second kappa shape index (κ2) is 6.87. The Kier molecular flexibility index (Phi) is 4.47. The van der Waals surface area contributed by atoms with Crippen LogP contribution in [0.1, 0.15) is 21.8 Å². The summed E-state index contributed by atoms with van der Waals surface area (Å²) >= 11 is 0. The number of amides is 1. The highest BCUT2D eigenvalue weighted by Gasteiger charge is 2.11. The summed E-state index contributed by atoms with van der Waals surface area (Å²) in [6, 6.07) is 17.0. The smallest absolute Gasteiger partial charge is 0.251 e. The normalized spacial score (nSPS) is 10.5. The van der Waals surface area contributed by atoms with E-state index in [1.165, 1.54) is 0 Å². The van der Waals surface area contributed by atoms with Gasteiger partial charge in [0.05, 0.1) is 0 Å². The highest BCUT2D eigenvalue weighted by molar-refractivity contribution is 5.94. The van der Waals surface area contributed by atoms with Crippen molar-refractivity contribution in [1.82, 2.24) is 15.5 Å². The van der Waals surface area contributed by atoms with Crippen LogP contribution < -0.4 is 5.32 Å². The molecule has 23 heavy (non-hydrogen) atoms. The van der Waals surface area contributed by atoms with Gasteiger partial charge in [0.2, 0.25) is 11.8 Å². The zero-order valence-electron chi connectivity index (χ0n) is 12.8. The van der Waals surface area contributed by atoms with Gasteiger partial charge >= 0.3 is 0 Å². The first-order valence-corrected chi connectivity index (χ1v) is 7.45. The van der Waals surface area contributed by atoms with E-state index >= 15 is 0 Å². The van der Waals surface area contributed by atoms with Gasteiger partial charge in [-0.3, -0.25) is 4.79 Å². The van der Waals surface area contributed by atoms with Crippen molar-refractivity contribution in [2.45, 2.75) is 13.3 Å². The molecule has 0 saturated heterocycles. The predicted molar refractivity (Wildman–Crippen MR) is 87.0 cm³/mol. The number of nitrogens with one attached hydrogen (secondary N) is 1. The maximum atomic E-state index is 11.9. The Morgan fingerprint density at radius 2 is 1.78 bits per heavy atom. The van der Waals surface area contributed by atoms with Crippen LogP contribution in [-0.2, 0) is 6.42 Å². The molecule has 5 nitrogen and oxygen atoms in total. The Hall–Kier alpha value is -2.95. The summed E-state index contributed by atoms with van der Waals surface area (Å²) in [5.41, 5.74) is 2.65. The topological polar surface area (TPSA) is 68.0 Å². The van der Waals surface area contributed by atoms with E-state index in [9.17, 15) is 4.79 Å². The van der Waals surface area contributed by atoms with Crippen LogP contribution in [0.25, 0.3) is 11.5 Å². The largest absolute Gasteiger partial charge is 0.421 e. The third-order valence-corrected chi connectivity index (χ3v) is 3.50. The average molecular weight is 307 g/mol. The first-order valence-electron chi connectivity index (χ1n) is 7.45. The van der Waals surface area contributed by atoms with Crippen molar-refractivity contribution < 1.29 is 9.21 Å². The van der Waals surface area contributed by atoms with E-state index in [0.717, 1.165) is 11.1 Å². The summed E-state index contributed by atoms with van der Waals surface area (Å²) < 4.78 is 5.66. The lowest BCUT2D eigenvalue weighted by Crippen LogP contribution is -2.25. The summed E-state index contributed by atoms with van der Waals surface area (Å²) in [6.45, 7) is 2.45. The van der Waals surface area contributed by atoms with Gasteiger partial charge in [-0.05, 0) is 30.7 Å². The molecule has 0 saturated carbocycles. The molecule has 0 atom stereocenters. The fourth-order valence-corrected chi connectivity index (χ4v) is 2.25. The van der Waals surface area contributed by atoms with E-state index in [0.29, 0.717) is 30.3 Å². The van der Waals surface area contributed by atoms with Gasteiger partial charge in [-0.15, -0.1) is 10.2 Å². The molecule has 116 valence electrons. The lowest BCUT2D eigenvalue weighted by Gasteiger charge is -2.03. The number of carbonyl (C=O) groups excluding carboxylic acids is 1. The van der Waals surface area contributed by atoms with E-state index in [-0.39, 0.29) is 5.91 Å². The van der Waals surface area contributed by atoms with Crippen molar-refractivity contribution in [1.29, 1.82) is 0 Å². The minimum Gasteiger partial charge on any atom is -0.421 e. The third kappa shape index (κ3) is 3.63. The number of hydrogen-bond acceptors (Lipinski definition) is 4. The highest BCUT2D eigenvalue weighted by Crippen LogP contribution is 2.21. The van der Waals surface area contributed by atoms with Gasteiger partial charge in [-0.1, -0.05) is 36.4 Å². The Bertz CT molecular complexity index is 797. The summed E-state index contributed by atoms with van der Waals surface area (Å²) in [4.78, 5) is 11.9. The lowest BCUT2D eigenvalue weighted by atomic mass is 10.1. The number of hydrogen-bond donors (Lipinski definition) is 1. The Morgan fingerprint density at radius 3 is 2.57 bits per heavy atom. The molecule has 5 heteroatoms. The lowest BCUT2D eigenvalue weighted by molar-refractivity contribution is 0.0953. The van der Waals surface area contributed by atoms with Gasteiger partial charge in [0.1, 0.15) is 0 Å². The van der Waals surface area contributed by atoms with Gasteiger partial charge in [0.15, 0.2) is 0 Å². The SMILES string of the molecule is Cc1ccccc1-c1nnc(CCNC(=O)c2ccccc2)o1. The Labute approximate surface area is 134 Å². The molecule has 1 heterocycles. The molecule has 0 aliphatic heterocycles. The van der Waals surface area contributed by atoms with Crippen LogP contribution in [-0.4, -0.2) is 22.6 Å². The minimum absolute atomic E-state index is 0.107. The first kappa shape index (κ1) is 15.0. The van der Waals surface area contributed by atoms with Crippen LogP contribution in [0.4, 0.5) is 0 Å². The molecule has 0 bridgehead atoms. The molecule has 3 rings (SSSR count). The summed E-state index contributed by atoms with van der Waals surface area (Å²) in [5.74, 6) is 0.911. The zero-order chi connectivity index (χ0) is 16.1. The quantitative estimate of drug-likeness (QED) is 0.786. The van der Waals surface area contributed by atoms with Crippen LogP contribution in [0.5, 0.6) is 0 Å². The number of nitrogens with zero attached hydrogens (tertiary/aromatic N) is 2. The van der Waals surface area contributed by atoms with Crippen molar-refractivity contribution in [3.05, 3.63) is 71.6 Å². The summed E-state index contributed by atoms with van der Waals surface area (Å²) in [5, 5.41) is 11.0. The zero-order valence-corrected chi connectivity index (χ0v) is 12.8.